The molecule has 2 aliphatic rings. The monoisotopic (exact) mass is 480 g/mol. The Morgan fingerprint density at radius 1 is 1.03 bits per heavy atom. The van der Waals surface area contributed by atoms with E-state index in [1.54, 1.807) is 6.07 Å². The van der Waals surface area contributed by atoms with Crippen molar-refractivity contribution in [2.24, 2.45) is 0 Å². The predicted molar refractivity (Wildman–Crippen MR) is 116 cm³/mol. The van der Waals surface area contributed by atoms with Crippen LogP contribution in [-0.4, -0.2) is 57.5 Å². The maximum Gasteiger partial charge on any atom is 0.338 e. The molecule has 0 aromatic heterocycles. The zero-order valence-electron chi connectivity index (χ0n) is 17.0. The van der Waals surface area contributed by atoms with Gasteiger partial charge in [-0.25, -0.2) is 13.2 Å². The summed E-state index contributed by atoms with van der Waals surface area (Å²) >= 11 is 6.12. The number of fused-ring (bicyclic) bond motifs is 1. The molecule has 0 atom stereocenters. The first-order chi connectivity index (χ1) is 15.3. The van der Waals surface area contributed by atoms with E-state index < -0.39 is 28.5 Å². The molecular weight excluding hydrogens is 460 g/mol. The van der Waals surface area contributed by atoms with E-state index in [9.17, 15) is 18.0 Å². The molecule has 2 aromatic rings. The summed E-state index contributed by atoms with van der Waals surface area (Å²) in [6.45, 7) is 1.15. The molecule has 1 N–H and O–H groups in total. The van der Waals surface area contributed by atoms with Crippen LogP contribution in [0.3, 0.4) is 0 Å². The van der Waals surface area contributed by atoms with Gasteiger partial charge in [-0.1, -0.05) is 11.6 Å². The predicted octanol–water partition coefficient (Wildman–Crippen LogP) is 2.69. The van der Waals surface area contributed by atoms with Crippen molar-refractivity contribution in [2.45, 2.75) is 17.7 Å². The van der Waals surface area contributed by atoms with Crippen molar-refractivity contribution in [3.05, 3.63) is 47.0 Å². The van der Waals surface area contributed by atoms with Crippen LogP contribution in [0.1, 0.15) is 23.2 Å². The molecule has 1 fully saturated rings. The number of carbonyl (C=O) groups is 2. The van der Waals surface area contributed by atoms with Crippen LogP contribution in [0.5, 0.6) is 11.5 Å². The van der Waals surface area contributed by atoms with Crippen molar-refractivity contribution >= 4 is 39.2 Å². The molecule has 0 unspecified atom stereocenters. The summed E-state index contributed by atoms with van der Waals surface area (Å²) in [5.74, 6) is -0.413. The molecule has 0 radical (unpaired) electrons. The topological polar surface area (TPSA) is 111 Å². The van der Waals surface area contributed by atoms with Crippen LogP contribution in [-0.2, 0) is 19.6 Å². The smallest absolute Gasteiger partial charge is 0.338 e. The highest BCUT2D eigenvalue weighted by molar-refractivity contribution is 7.89. The number of esters is 1. The fourth-order valence-corrected chi connectivity index (χ4v) is 5.12. The Kier molecular flexibility index (Phi) is 6.54. The summed E-state index contributed by atoms with van der Waals surface area (Å²) in [5.41, 5.74) is 0.325. The Bertz CT molecular complexity index is 1150. The molecule has 2 heterocycles. The normalized spacial score (nSPS) is 15.9. The number of carbonyl (C=O) groups excluding carboxylic acids is 2. The van der Waals surface area contributed by atoms with Crippen LogP contribution >= 0.6 is 11.6 Å². The number of hydrogen-bond donors (Lipinski definition) is 1. The Hall–Kier alpha value is -2.82. The summed E-state index contributed by atoms with van der Waals surface area (Å²) in [5, 5.41) is 2.66. The van der Waals surface area contributed by atoms with E-state index in [1.165, 1.54) is 34.6 Å². The van der Waals surface area contributed by atoms with Crippen LogP contribution in [0.25, 0.3) is 0 Å². The first kappa shape index (κ1) is 22.4. The quantitative estimate of drug-likeness (QED) is 0.632. The molecule has 1 saturated heterocycles. The molecule has 4 rings (SSSR count). The minimum atomic E-state index is -3.67. The van der Waals surface area contributed by atoms with Gasteiger partial charge in [0.1, 0.15) is 13.2 Å². The lowest BCUT2D eigenvalue weighted by atomic mass is 10.2. The molecule has 2 aromatic carbocycles. The average Bonchev–Trinajstić information content (AvgIpc) is 3.34. The van der Waals surface area contributed by atoms with Gasteiger partial charge in [0.25, 0.3) is 5.91 Å². The molecule has 170 valence electrons. The molecule has 9 nitrogen and oxygen atoms in total. The average molecular weight is 481 g/mol. The summed E-state index contributed by atoms with van der Waals surface area (Å²) in [4.78, 5) is 24.6. The minimum absolute atomic E-state index is 0.0346. The van der Waals surface area contributed by atoms with E-state index >= 15 is 0 Å². The standard InChI is InChI=1S/C21H21ClN2O7S/c22-16-5-4-15(32(27,28)24-7-1-2-8-24)12-17(16)23-20(25)13-31-21(26)14-3-6-18-19(11-14)30-10-9-29-18/h3-6,11-12H,1-2,7-10,13H2,(H,23,25). The summed E-state index contributed by atoms with van der Waals surface area (Å²) in [7, 11) is -3.67. The Balaban J connectivity index is 1.39. The number of ether oxygens (including phenoxy) is 3. The van der Waals surface area contributed by atoms with Gasteiger partial charge in [0.05, 0.1) is 21.2 Å². The number of nitrogens with zero attached hydrogens (tertiary/aromatic N) is 1. The molecule has 0 aliphatic carbocycles. The van der Waals surface area contributed by atoms with Crippen LogP contribution in [0.2, 0.25) is 5.02 Å². The van der Waals surface area contributed by atoms with E-state index in [-0.39, 0.29) is 21.2 Å². The summed E-state index contributed by atoms with van der Waals surface area (Å²) < 4.78 is 42.8. The molecule has 0 spiro atoms. The second-order valence-electron chi connectivity index (χ2n) is 7.24. The van der Waals surface area contributed by atoms with Gasteiger partial charge in [0.2, 0.25) is 10.0 Å². The lowest BCUT2D eigenvalue weighted by molar-refractivity contribution is -0.119. The number of halogens is 1. The zero-order chi connectivity index (χ0) is 22.7. The lowest BCUT2D eigenvalue weighted by Crippen LogP contribution is -2.28. The van der Waals surface area contributed by atoms with Gasteiger partial charge in [-0.05, 0) is 49.2 Å². The number of benzene rings is 2. The van der Waals surface area contributed by atoms with Crippen molar-refractivity contribution in [3.8, 4) is 11.5 Å². The number of anilines is 1. The van der Waals surface area contributed by atoms with E-state index in [2.05, 4.69) is 5.32 Å². The third-order valence-corrected chi connectivity index (χ3v) is 7.25. The lowest BCUT2D eigenvalue weighted by Gasteiger charge is -2.18. The maximum atomic E-state index is 12.7. The Morgan fingerprint density at radius 2 is 1.75 bits per heavy atom. The minimum Gasteiger partial charge on any atom is -0.486 e. The highest BCUT2D eigenvalue weighted by atomic mass is 35.5. The van der Waals surface area contributed by atoms with E-state index in [4.69, 9.17) is 25.8 Å². The van der Waals surface area contributed by atoms with Crippen molar-refractivity contribution in [1.29, 1.82) is 0 Å². The van der Waals surface area contributed by atoms with E-state index in [0.717, 1.165) is 12.8 Å². The van der Waals surface area contributed by atoms with Crippen molar-refractivity contribution in [3.63, 3.8) is 0 Å². The van der Waals surface area contributed by atoms with Gasteiger partial charge in [0.15, 0.2) is 18.1 Å². The Labute approximate surface area is 190 Å². The molecule has 32 heavy (non-hydrogen) atoms. The maximum absolute atomic E-state index is 12.7. The highest BCUT2D eigenvalue weighted by Crippen LogP contribution is 2.31. The second-order valence-corrected chi connectivity index (χ2v) is 9.58. The van der Waals surface area contributed by atoms with E-state index in [1.807, 2.05) is 0 Å². The van der Waals surface area contributed by atoms with E-state index in [0.29, 0.717) is 37.8 Å². The number of hydrogen-bond acceptors (Lipinski definition) is 7. The molecule has 0 saturated carbocycles. The van der Waals surface area contributed by atoms with Crippen LogP contribution in [0, 0.1) is 0 Å². The van der Waals surface area contributed by atoms with Crippen molar-refractivity contribution < 1.29 is 32.2 Å². The third-order valence-electron chi connectivity index (χ3n) is 5.03. The molecule has 2 aliphatic heterocycles. The summed E-state index contributed by atoms with van der Waals surface area (Å²) in [6, 6.07) is 8.69. The van der Waals surface area contributed by atoms with Crippen LogP contribution in [0.4, 0.5) is 5.69 Å². The van der Waals surface area contributed by atoms with Gasteiger partial charge >= 0.3 is 5.97 Å². The molecular formula is C21H21ClN2O7S. The first-order valence-corrected chi connectivity index (χ1v) is 11.8. The second kappa shape index (κ2) is 9.35. The van der Waals surface area contributed by atoms with Gasteiger partial charge < -0.3 is 19.5 Å². The highest BCUT2D eigenvalue weighted by Gasteiger charge is 2.28. The van der Waals surface area contributed by atoms with Crippen molar-refractivity contribution in [1.82, 2.24) is 4.31 Å². The van der Waals surface area contributed by atoms with Gasteiger partial charge in [0, 0.05) is 13.1 Å². The SMILES string of the molecule is O=C(COC(=O)c1ccc2c(c1)OCCO2)Nc1cc(S(=O)(=O)N2CCCC2)ccc1Cl. The number of sulfonamides is 1. The largest absolute Gasteiger partial charge is 0.486 e. The van der Waals surface area contributed by atoms with Crippen LogP contribution in [0.15, 0.2) is 41.3 Å². The third kappa shape index (κ3) is 4.82. The van der Waals surface area contributed by atoms with Gasteiger partial charge in [-0.15, -0.1) is 0 Å². The van der Waals surface area contributed by atoms with Crippen molar-refractivity contribution in [2.75, 3.05) is 38.2 Å². The first-order valence-electron chi connectivity index (χ1n) is 10.0. The zero-order valence-corrected chi connectivity index (χ0v) is 18.6. The fourth-order valence-electron chi connectivity index (χ4n) is 3.41. The summed E-state index contributed by atoms with van der Waals surface area (Å²) in [6.07, 6.45) is 1.62. The Morgan fingerprint density at radius 3 is 2.50 bits per heavy atom. The number of rotatable bonds is 6. The molecule has 0 bridgehead atoms. The number of nitrogens with one attached hydrogen (secondary N) is 1. The molecule has 11 heteroatoms. The van der Waals surface area contributed by atoms with Crippen LogP contribution < -0.4 is 14.8 Å². The molecule has 1 amide bonds. The fraction of sp³-hybridized carbons (Fsp3) is 0.333. The number of amides is 1. The van der Waals surface area contributed by atoms with Gasteiger partial charge in [-0.3, -0.25) is 4.79 Å². The van der Waals surface area contributed by atoms with Gasteiger partial charge in [-0.2, -0.15) is 4.31 Å².